The molecular weight excluding hydrogens is 288 g/mol. The SMILES string of the molecule is CP.FC(F)(F)Sc1cccc(-c2ccccc2)c1. The van der Waals surface area contributed by atoms with Crippen LogP contribution >= 0.6 is 21.0 Å². The zero-order valence-corrected chi connectivity index (χ0v) is 12.3. The van der Waals surface area contributed by atoms with Gasteiger partial charge in [0.2, 0.25) is 0 Å². The van der Waals surface area contributed by atoms with Gasteiger partial charge in [0.1, 0.15) is 0 Å². The van der Waals surface area contributed by atoms with Gasteiger partial charge in [-0.1, -0.05) is 49.1 Å². The predicted octanol–water partition coefficient (Wildman–Crippen LogP) is 5.46. The Morgan fingerprint density at radius 1 is 0.842 bits per heavy atom. The fraction of sp³-hybridized carbons (Fsp3) is 0.143. The first-order valence-corrected chi connectivity index (χ1v) is 7.51. The molecular formula is C14H14F3PS. The summed E-state index contributed by atoms with van der Waals surface area (Å²) in [5, 5.41) is 0. The van der Waals surface area contributed by atoms with E-state index in [1.807, 2.05) is 37.0 Å². The summed E-state index contributed by atoms with van der Waals surface area (Å²) in [5.74, 6) is 0. The lowest BCUT2D eigenvalue weighted by Crippen LogP contribution is -1.98. The summed E-state index contributed by atoms with van der Waals surface area (Å²) in [6.45, 7) is 1.92. The lowest BCUT2D eigenvalue weighted by Gasteiger charge is -2.07. The van der Waals surface area contributed by atoms with Gasteiger partial charge in [-0.3, -0.25) is 0 Å². The molecule has 0 spiro atoms. The van der Waals surface area contributed by atoms with Gasteiger partial charge in [0.05, 0.1) is 0 Å². The smallest absolute Gasteiger partial charge is 0.160 e. The maximum Gasteiger partial charge on any atom is 0.446 e. The molecule has 102 valence electrons. The second-order valence-electron chi connectivity index (χ2n) is 3.44. The van der Waals surface area contributed by atoms with Crippen LogP contribution in [0.5, 0.6) is 0 Å². The van der Waals surface area contributed by atoms with Crippen LogP contribution in [0.1, 0.15) is 0 Å². The number of rotatable bonds is 2. The van der Waals surface area contributed by atoms with E-state index >= 15 is 0 Å². The molecule has 0 saturated heterocycles. The Kier molecular flexibility index (Phi) is 6.40. The number of hydrogen-bond acceptors (Lipinski definition) is 1. The van der Waals surface area contributed by atoms with Crippen molar-refractivity contribution in [1.82, 2.24) is 0 Å². The molecule has 2 rings (SSSR count). The first-order valence-electron chi connectivity index (χ1n) is 5.53. The summed E-state index contributed by atoms with van der Waals surface area (Å²) in [4.78, 5) is 0.207. The summed E-state index contributed by atoms with van der Waals surface area (Å²) in [7, 11) is 2.42. The molecule has 0 nitrogen and oxygen atoms in total. The Morgan fingerprint density at radius 2 is 1.42 bits per heavy atom. The quantitative estimate of drug-likeness (QED) is 0.524. The van der Waals surface area contributed by atoms with E-state index in [0.29, 0.717) is 0 Å². The highest BCUT2D eigenvalue weighted by molar-refractivity contribution is 8.00. The molecule has 19 heavy (non-hydrogen) atoms. The molecule has 0 radical (unpaired) electrons. The van der Waals surface area contributed by atoms with Crippen LogP contribution in [0.4, 0.5) is 13.2 Å². The zero-order valence-electron chi connectivity index (χ0n) is 10.3. The van der Waals surface area contributed by atoms with E-state index in [2.05, 4.69) is 9.24 Å². The van der Waals surface area contributed by atoms with Gasteiger partial charge in [-0.2, -0.15) is 13.2 Å². The van der Waals surface area contributed by atoms with E-state index in [1.165, 1.54) is 6.07 Å². The molecule has 1 unspecified atom stereocenters. The fourth-order valence-corrected chi connectivity index (χ4v) is 2.10. The lowest BCUT2D eigenvalue weighted by atomic mass is 10.1. The van der Waals surface area contributed by atoms with E-state index in [9.17, 15) is 13.2 Å². The minimum atomic E-state index is -4.24. The molecule has 0 aliphatic carbocycles. The molecule has 5 heteroatoms. The lowest BCUT2D eigenvalue weighted by molar-refractivity contribution is -0.0328. The molecule has 0 heterocycles. The van der Waals surface area contributed by atoms with Gasteiger partial charge in [-0.15, -0.1) is 9.24 Å². The van der Waals surface area contributed by atoms with Gasteiger partial charge < -0.3 is 0 Å². The maximum atomic E-state index is 12.2. The summed E-state index contributed by atoms with van der Waals surface area (Å²) >= 11 is -0.0904. The first kappa shape index (κ1) is 16.1. The second kappa shape index (κ2) is 7.56. The van der Waals surface area contributed by atoms with Crippen LogP contribution in [0.15, 0.2) is 59.5 Å². The Bertz CT molecular complexity index is 498. The van der Waals surface area contributed by atoms with Crippen molar-refractivity contribution in [3.63, 3.8) is 0 Å². The highest BCUT2D eigenvalue weighted by Crippen LogP contribution is 2.38. The Hall–Kier alpha value is -0.990. The third kappa shape index (κ3) is 5.66. The number of alkyl halides is 3. The van der Waals surface area contributed by atoms with Crippen molar-refractivity contribution in [3.05, 3.63) is 54.6 Å². The Labute approximate surface area is 117 Å². The van der Waals surface area contributed by atoms with Crippen molar-refractivity contribution in [2.24, 2.45) is 0 Å². The average Bonchev–Trinajstić information content (AvgIpc) is 2.40. The topological polar surface area (TPSA) is 0 Å². The van der Waals surface area contributed by atoms with Gasteiger partial charge in [0, 0.05) is 4.90 Å². The molecule has 0 bridgehead atoms. The first-order chi connectivity index (χ1) is 9.04. The highest BCUT2D eigenvalue weighted by atomic mass is 32.2. The van der Waals surface area contributed by atoms with Crippen molar-refractivity contribution in [2.45, 2.75) is 10.4 Å². The third-order valence-electron chi connectivity index (χ3n) is 2.17. The van der Waals surface area contributed by atoms with Crippen molar-refractivity contribution in [2.75, 3.05) is 6.66 Å². The van der Waals surface area contributed by atoms with Crippen LogP contribution in [0.3, 0.4) is 0 Å². The van der Waals surface area contributed by atoms with Gasteiger partial charge in [0.25, 0.3) is 0 Å². The predicted molar refractivity (Wildman–Crippen MR) is 79.4 cm³/mol. The van der Waals surface area contributed by atoms with Crippen LogP contribution in [-0.4, -0.2) is 12.2 Å². The van der Waals surface area contributed by atoms with Gasteiger partial charge in [0.15, 0.2) is 0 Å². The second-order valence-corrected chi connectivity index (χ2v) is 4.58. The summed E-state index contributed by atoms with van der Waals surface area (Å²) in [6, 6.07) is 15.8. The van der Waals surface area contributed by atoms with Crippen molar-refractivity contribution in [1.29, 1.82) is 0 Å². The van der Waals surface area contributed by atoms with Crippen molar-refractivity contribution in [3.8, 4) is 11.1 Å². The van der Waals surface area contributed by atoms with E-state index in [0.717, 1.165) is 11.1 Å². The van der Waals surface area contributed by atoms with Crippen LogP contribution < -0.4 is 0 Å². The van der Waals surface area contributed by atoms with Crippen LogP contribution in [-0.2, 0) is 0 Å². The van der Waals surface area contributed by atoms with Crippen LogP contribution in [0, 0.1) is 0 Å². The molecule has 0 amide bonds. The summed E-state index contributed by atoms with van der Waals surface area (Å²) < 4.78 is 36.7. The van der Waals surface area contributed by atoms with Crippen molar-refractivity contribution < 1.29 is 13.2 Å². The fourth-order valence-electron chi connectivity index (χ4n) is 1.50. The van der Waals surface area contributed by atoms with Gasteiger partial charge in [-0.05, 0) is 35.0 Å². The van der Waals surface area contributed by atoms with Crippen molar-refractivity contribution >= 4 is 21.0 Å². The standard InChI is InChI=1S/C13H9F3S.CH5P/c14-13(15,16)17-12-8-4-7-11(9-12)10-5-2-1-3-6-10;1-2/h1-9H;2H2,1H3. The van der Waals surface area contributed by atoms with E-state index in [4.69, 9.17) is 0 Å². The number of hydrogen-bond donors (Lipinski definition) is 0. The molecule has 0 aromatic heterocycles. The Balaban J connectivity index is 0.000000861. The van der Waals surface area contributed by atoms with Gasteiger partial charge >= 0.3 is 5.51 Å². The monoisotopic (exact) mass is 302 g/mol. The normalized spacial score (nSPS) is 10.6. The largest absolute Gasteiger partial charge is 0.446 e. The average molecular weight is 302 g/mol. The number of benzene rings is 2. The molecule has 0 aliphatic rings. The van der Waals surface area contributed by atoms with E-state index in [1.54, 1.807) is 18.2 Å². The minimum absolute atomic E-state index is 0.0904. The molecule has 2 aromatic carbocycles. The zero-order chi connectivity index (χ0) is 14.3. The number of thioether (sulfide) groups is 1. The molecule has 2 aromatic rings. The highest BCUT2D eigenvalue weighted by Gasteiger charge is 2.29. The van der Waals surface area contributed by atoms with E-state index < -0.39 is 5.51 Å². The molecule has 1 atom stereocenters. The molecule has 0 saturated carbocycles. The van der Waals surface area contributed by atoms with Crippen LogP contribution in [0.25, 0.3) is 11.1 Å². The summed E-state index contributed by atoms with van der Waals surface area (Å²) in [5.41, 5.74) is -2.54. The number of halogens is 3. The maximum absolute atomic E-state index is 12.2. The Morgan fingerprint density at radius 3 is 2.00 bits per heavy atom. The summed E-state index contributed by atoms with van der Waals surface area (Å²) in [6.07, 6.45) is 0. The molecule has 0 fully saturated rings. The minimum Gasteiger partial charge on any atom is -0.160 e. The third-order valence-corrected chi connectivity index (χ3v) is 2.90. The van der Waals surface area contributed by atoms with E-state index in [-0.39, 0.29) is 16.7 Å². The van der Waals surface area contributed by atoms with Gasteiger partial charge in [-0.25, -0.2) is 0 Å². The molecule has 0 N–H and O–H groups in total. The van der Waals surface area contributed by atoms with Crippen LogP contribution in [0.2, 0.25) is 0 Å². The molecule has 0 aliphatic heterocycles.